The molecule has 32 heavy (non-hydrogen) atoms. The van der Waals surface area contributed by atoms with Crippen molar-refractivity contribution in [1.82, 2.24) is 14.4 Å². The van der Waals surface area contributed by atoms with Gasteiger partial charge < -0.3 is 20.3 Å². The highest BCUT2D eigenvalue weighted by atomic mass is 16.4. The van der Waals surface area contributed by atoms with E-state index in [0.717, 1.165) is 68.1 Å². The molecule has 4 N–H and O–H groups in total. The molecule has 2 aromatic rings. The maximum atomic E-state index is 13.3. The predicted molar refractivity (Wildman–Crippen MR) is 124 cm³/mol. The number of nitrogens with one attached hydrogen (secondary N) is 1. The molecule has 0 radical (unpaired) electrons. The zero-order valence-corrected chi connectivity index (χ0v) is 18.7. The third-order valence-corrected chi connectivity index (χ3v) is 7.00. The average molecular weight is 440 g/mol. The third kappa shape index (κ3) is 4.37. The Morgan fingerprint density at radius 3 is 2.69 bits per heavy atom. The van der Waals surface area contributed by atoms with E-state index in [4.69, 9.17) is 11.1 Å². The van der Waals surface area contributed by atoms with E-state index in [1.807, 2.05) is 28.0 Å². The van der Waals surface area contributed by atoms with Gasteiger partial charge in [-0.2, -0.15) is 0 Å². The fraction of sp³-hybridized carbons (Fsp3) is 0.542. The summed E-state index contributed by atoms with van der Waals surface area (Å²) in [5, 5.41) is 18.0. The van der Waals surface area contributed by atoms with Crippen molar-refractivity contribution in [2.45, 2.75) is 64.1 Å². The molecule has 1 amide bonds. The number of carboxylic acid groups (broad SMARTS) is 1. The Labute approximate surface area is 188 Å². The van der Waals surface area contributed by atoms with Crippen LogP contribution in [0.3, 0.4) is 0 Å². The van der Waals surface area contributed by atoms with Crippen molar-refractivity contribution < 1.29 is 14.7 Å². The molecule has 2 saturated heterocycles. The molecule has 0 aliphatic carbocycles. The molecule has 8 nitrogen and oxygen atoms in total. The first-order valence-electron chi connectivity index (χ1n) is 11.6. The van der Waals surface area contributed by atoms with Crippen molar-refractivity contribution in [3.05, 3.63) is 35.5 Å². The number of carbonyl (C=O) groups is 2. The number of amides is 1. The molecule has 4 rings (SSSR count). The van der Waals surface area contributed by atoms with Crippen LogP contribution in [0.1, 0.15) is 50.3 Å². The number of hydrogen-bond acceptors (Lipinski definition) is 4. The second-order valence-electron chi connectivity index (χ2n) is 8.96. The topological polar surface area (TPSA) is 116 Å². The summed E-state index contributed by atoms with van der Waals surface area (Å²) < 4.78 is 2.27. The Bertz CT molecular complexity index is 1030. The molecule has 1 aromatic heterocycles. The van der Waals surface area contributed by atoms with Crippen LogP contribution in [0.5, 0.6) is 0 Å². The Kier molecular flexibility index (Phi) is 6.50. The SMILES string of the molecule is CCn1c(CC[C@@H]2CCCN2C(=O)[C@H]2CCCN2CC(=O)O)cc2ccc(C(=N)N)cc21. The van der Waals surface area contributed by atoms with Gasteiger partial charge in [-0.05, 0) is 69.5 Å². The fourth-order valence-electron chi connectivity index (χ4n) is 5.46. The molecule has 2 atom stereocenters. The number of aryl methyl sites for hydroxylation is 2. The van der Waals surface area contributed by atoms with Crippen LogP contribution in [0.4, 0.5) is 0 Å². The standard InChI is InChI=1S/C24H33N5O3/c1-2-28-19(13-16-7-8-17(23(25)26)14-21(16)28)10-9-18-5-3-12-29(18)24(32)20-6-4-11-27(20)15-22(30)31/h7-8,13-14,18,20H,2-6,9-12,15H2,1H3,(H3,25,26)(H,30,31)/t18-,20+/m0/s1. The molecule has 2 aliphatic rings. The summed E-state index contributed by atoms with van der Waals surface area (Å²) in [6, 6.07) is 7.99. The molecule has 2 fully saturated rings. The Morgan fingerprint density at radius 1 is 1.19 bits per heavy atom. The molecule has 0 bridgehead atoms. The highest BCUT2D eigenvalue weighted by Gasteiger charge is 2.38. The number of carbonyl (C=O) groups excluding carboxylic acids is 1. The van der Waals surface area contributed by atoms with Gasteiger partial charge in [0.05, 0.1) is 12.6 Å². The monoisotopic (exact) mass is 439 g/mol. The van der Waals surface area contributed by atoms with Crippen LogP contribution in [0.15, 0.2) is 24.3 Å². The van der Waals surface area contributed by atoms with Gasteiger partial charge in [-0.25, -0.2) is 0 Å². The molecular formula is C24H33N5O3. The number of nitrogens with zero attached hydrogens (tertiary/aromatic N) is 3. The largest absolute Gasteiger partial charge is 0.480 e. The van der Waals surface area contributed by atoms with Gasteiger partial charge in [0, 0.05) is 35.9 Å². The number of carboxylic acids is 1. The molecule has 2 aliphatic heterocycles. The number of aliphatic carboxylic acids is 1. The normalized spacial score (nSPS) is 21.5. The van der Waals surface area contributed by atoms with Crippen LogP contribution in [0.25, 0.3) is 10.9 Å². The lowest BCUT2D eigenvalue weighted by Gasteiger charge is -2.31. The summed E-state index contributed by atoms with van der Waals surface area (Å²) in [5.74, 6) is -0.697. The average Bonchev–Trinajstić information content (AvgIpc) is 3.48. The summed E-state index contributed by atoms with van der Waals surface area (Å²) in [7, 11) is 0. The minimum Gasteiger partial charge on any atom is -0.480 e. The van der Waals surface area contributed by atoms with Crippen LogP contribution in [0, 0.1) is 5.41 Å². The number of nitrogens with two attached hydrogens (primary N) is 1. The minimum atomic E-state index is -0.872. The zero-order chi connectivity index (χ0) is 22.8. The predicted octanol–water partition coefficient (Wildman–Crippen LogP) is 2.42. The minimum absolute atomic E-state index is 0.0617. The van der Waals surface area contributed by atoms with Gasteiger partial charge in [0.15, 0.2) is 0 Å². The highest BCUT2D eigenvalue weighted by Crippen LogP contribution is 2.28. The number of amidine groups is 1. The van der Waals surface area contributed by atoms with Gasteiger partial charge >= 0.3 is 5.97 Å². The highest BCUT2D eigenvalue weighted by molar-refractivity contribution is 5.98. The smallest absolute Gasteiger partial charge is 0.317 e. The molecule has 0 spiro atoms. The van der Waals surface area contributed by atoms with E-state index in [1.165, 1.54) is 5.69 Å². The molecule has 8 heteroatoms. The second-order valence-corrected chi connectivity index (χ2v) is 8.96. The summed E-state index contributed by atoms with van der Waals surface area (Å²) in [4.78, 5) is 28.3. The first kappa shape index (κ1) is 22.3. The van der Waals surface area contributed by atoms with E-state index in [-0.39, 0.29) is 30.4 Å². The molecule has 0 unspecified atom stereocenters. The first-order valence-corrected chi connectivity index (χ1v) is 11.6. The van der Waals surface area contributed by atoms with E-state index in [1.54, 1.807) is 0 Å². The van der Waals surface area contributed by atoms with Crippen LogP contribution >= 0.6 is 0 Å². The Balaban J connectivity index is 1.47. The van der Waals surface area contributed by atoms with Crippen molar-refractivity contribution in [2.24, 2.45) is 5.73 Å². The van der Waals surface area contributed by atoms with Crippen LogP contribution in [-0.4, -0.2) is 68.9 Å². The number of benzene rings is 1. The Morgan fingerprint density at radius 2 is 1.97 bits per heavy atom. The second kappa shape index (κ2) is 9.32. The number of rotatable bonds is 8. The van der Waals surface area contributed by atoms with Gasteiger partial charge in [-0.15, -0.1) is 0 Å². The Hall–Kier alpha value is -2.87. The van der Waals surface area contributed by atoms with E-state index in [0.29, 0.717) is 6.54 Å². The van der Waals surface area contributed by atoms with Gasteiger partial charge in [0.2, 0.25) is 5.91 Å². The lowest BCUT2D eigenvalue weighted by Crippen LogP contribution is -2.48. The van der Waals surface area contributed by atoms with Crippen LogP contribution in [0.2, 0.25) is 0 Å². The van der Waals surface area contributed by atoms with Crippen LogP contribution in [-0.2, 0) is 22.6 Å². The van der Waals surface area contributed by atoms with E-state index in [2.05, 4.69) is 17.6 Å². The van der Waals surface area contributed by atoms with Crippen molar-refractivity contribution in [3.63, 3.8) is 0 Å². The lowest BCUT2D eigenvalue weighted by molar-refractivity contribution is -0.141. The quantitative estimate of drug-likeness (QED) is 0.432. The summed E-state index contributed by atoms with van der Waals surface area (Å²) in [5.41, 5.74) is 8.73. The van der Waals surface area contributed by atoms with E-state index in [9.17, 15) is 14.7 Å². The summed E-state index contributed by atoms with van der Waals surface area (Å²) >= 11 is 0. The zero-order valence-electron chi connectivity index (χ0n) is 18.7. The molecule has 172 valence electrons. The molecule has 3 heterocycles. The molecular weight excluding hydrogens is 406 g/mol. The van der Waals surface area contributed by atoms with E-state index >= 15 is 0 Å². The number of fused-ring (bicyclic) bond motifs is 1. The molecule has 1 aromatic carbocycles. The fourth-order valence-corrected chi connectivity index (χ4v) is 5.46. The first-order chi connectivity index (χ1) is 15.4. The van der Waals surface area contributed by atoms with Crippen molar-refractivity contribution in [2.75, 3.05) is 19.6 Å². The molecule has 0 saturated carbocycles. The van der Waals surface area contributed by atoms with Crippen LogP contribution < -0.4 is 5.73 Å². The van der Waals surface area contributed by atoms with Gasteiger partial charge in [-0.1, -0.05) is 12.1 Å². The van der Waals surface area contributed by atoms with Crippen molar-refractivity contribution in [1.29, 1.82) is 5.41 Å². The van der Waals surface area contributed by atoms with Crippen molar-refractivity contribution >= 4 is 28.6 Å². The van der Waals surface area contributed by atoms with E-state index < -0.39 is 5.97 Å². The van der Waals surface area contributed by atoms with Gasteiger partial charge in [0.1, 0.15) is 5.84 Å². The number of hydrogen-bond donors (Lipinski definition) is 3. The van der Waals surface area contributed by atoms with Gasteiger partial charge in [0.25, 0.3) is 0 Å². The summed E-state index contributed by atoms with van der Waals surface area (Å²) in [6.45, 7) is 4.33. The number of nitrogen functional groups attached to an aromatic ring is 1. The number of aromatic nitrogens is 1. The lowest BCUT2D eigenvalue weighted by atomic mass is 10.1. The maximum absolute atomic E-state index is 13.3. The van der Waals surface area contributed by atoms with Gasteiger partial charge in [-0.3, -0.25) is 19.9 Å². The summed E-state index contributed by atoms with van der Waals surface area (Å²) in [6.07, 6.45) is 5.39. The maximum Gasteiger partial charge on any atom is 0.317 e. The number of likely N-dealkylation sites (tertiary alicyclic amines) is 2. The van der Waals surface area contributed by atoms with Crippen molar-refractivity contribution in [3.8, 4) is 0 Å². The third-order valence-electron chi connectivity index (χ3n) is 7.00.